The first-order valence-electron chi connectivity index (χ1n) is 13.1. The van der Waals surface area contributed by atoms with Crippen molar-refractivity contribution in [2.75, 3.05) is 0 Å². The first-order valence-corrected chi connectivity index (χ1v) is 13.1. The largest absolute Gasteiger partial charge is 0.384 e. The molecule has 4 aliphatic rings. The second kappa shape index (κ2) is 9.95. The summed E-state index contributed by atoms with van der Waals surface area (Å²) in [6.45, 7) is 4.93. The molecule has 4 fully saturated rings. The first kappa shape index (κ1) is 24.7. The minimum atomic E-state index is -1.41. The number of ether oxygens (including phenoxy) is 5. The van der Waals surface area contributed by atoms with Crippen molar-refractivity contribution in [1.82, 2.24) is 0 Å². The lowest BCUT2D eigenvalue weighted by atomic mass is 9.68. The van der Waals surface area contributed by atoms with Crippen LogP contribution >= 0.6 is 0 Å². The Morgan fingerprint density at radius 3 is 1.62 bits per heavy atom. The van der Waals surface area contributed by atoms with Crippen molar-refractivity contribution >= 4 is 0 Å². The minimum absolute atomic E-state index is 0.202. The van der Waals surface area contributed by atoms with E-state index in [1.165, 1.54) is 0 Å². The van der Waals surface area contributed by atoms with Crippen molar-refractivity contribution < 1.29 is 28.8 Å². The average molecular weight is 503 g/mol. The maximum atomic E-state index is 12.3. The van der Waals surface area contributed by atoms with Crippen molar-refractivity contribution in [2.24, 2.45) is 5.92 Å². The lowest BCUT2D eigenvalue weighted by molar-refractivity contribution is -0.567. The minimum Gasteiger partial charge on any atom is -0.384 e. The van der Waals surface area contributed by atoms with Crippen molar-refractivity contribution in [3.63, 3.8) is 0 Å². The van der Waals surface area contributed by atoms with Crippen LogP contribution in [0.3, 0.4) is 0 Å². The van der Waals surface area contributed by atoms with Gasteiger partial charge in [-0.2, -0.15) is 0 Å². The Morgan fingerprint density at radius 2 is 1.16 bits per heavy atom. The molecular weight excluding hydrogens is 468 g/mol. The Hall–Kier alpha value is -2.58. The molecule has 37 heavy (non-hydrogen) atoms. The topological polar surface area (TPSA) is 66.4 Å². The molecule has 3 aromatic rings. The van der Waals surface area contributed by atoms with Gasteiger partial charge in [0.15, 0.2) is 0 Å². The van der Waals surface area contributed by atoms with Crippen LogP contribution in [0.4, 0.5) is 0 Å². The van der Waals surface area contributed by atoms with Gasteiger partial charge in [0.1, 0.15) is 36.1 Å². The van der Waals surface area contributed by atoms with Crippen LogP contribution in [0.15, 0.2) is 91.0 Å². The molecule has 6 heteroatoms. The Kier molecular flexibility index (Phi) is 6.65. The van der Waals surface area contributed by atoms with E-state index in [0.717, 1.165) is 16.7 Å². The highest BCUT2D eigenvalue weighted by Gasteiger charge is 2.74. The van der Waals surface area contributed by atoms with Crippen molar-refractivity contribution in [1.29, 1.82) is 0 Å². The fraction of sp³-hybridized carbons (Fsp3) is 0.419. The summed E-state index contributed by atoms with van der Waals surface area (Å²) < 4.78 is 32.7. The van der Waals surface area contributed by atoms with Crippen LogP contribution < -0.4 is 0 Å². The van der Waals surface area contributed by atoms with E-state index in [2.05, 4.69) is 13.8 Å². The summed E-state index contributed by atoms with van der Waals surface area (Å²) in [5.74, 6) is -1.21. The molecule has 0 aromatic heterocycles. The maximum Gasteiger partial charge on any atom is 0.313 e. The van der Waals surface area contributed by atoms with E-state index in [9.17, 15) is 5.11 Å². The summed E-state index contributed by atoms with van der Waals surface area (Å²) in [5.41, 5.74) is 1.53. The highest BCUT2D eigenvalue weighted by molar-refractivity contribution is 5.25. The van der Waals surface area contributed by atoms with Gasteiger partial charge < -0.3 is 28.8 Å². The molecule has 4 bridgehead atoms. The SMILES string of the molecule is CC(C)CC1(O)[C@@H]2OC3(c4ccccc4)OC([C@H]2OCc2ccccc2)[C@H](OCc2ccccc2)[C@@H]1O3. The highest BCUT2D eigenvalue weighted by Crippen LogP contribution is 2.56. The van der Waals surface area contributed by atoms with Gasteiger partial charge in [-0.05, 0) is 23.5 Å². The van der Waals surface area contributed by atoms with Gasteiger partial charge in [-0.3, -0.25) is 0 Å². The van der Waals surface area contributed by atoms with E-state index in [1.807, 2.05) is 91.0 Å². The molecule has 1 saturated carbocycles. The van der Waals surface area contributed by atoms with Gasteiger partial charge in [-0.1, -0.05) is 105 Å². The van der Waals surface area contributed by atoms with Crippen molar-refractivity contribution in [2.45, 2.75) is 75.6 Å². The van der Waals surface area contributed by atoms with Crippen LogP contribution in [0.2, 0.25) is 0 Å². The molecule has 0 spiro atoms. The van der Waals surface area contributed by atoms with Gasteiger partial charge in [0.25, 0.3) is 0 Å². The molecule has 7 rings (SSSR count). The Labute approximate surface area is 218 Å². The van der Waals surface area contributed by atoms with E-state index in [1.54, 1.807) is 0 Å². The highest BCUT2D eigenvalue weighted by atomic mass is 16.9. The summed E-state index contributed by atoms with van der Waals surface area (Å²) in [5, 5.41) is 12.3. The van der Waals surface area contributed by atoms with Gasteiger partial charge >= 0.3 is 5.97 Å². The Bertz CT molecular complexity index is 1110. The molecule has 1 N–H and O–H groups in total. The van der Waals surface area contributed by atoms with Gasteiger partial charge in [-0.25, -0.2) is 0 Å². The third-order valence-electron chi connectivity index (χ3n) is 7.52. The lowest BCUT2D eigenvalue weighted by Crippen LogP contribution is -2.83. The van der Waals surface area contributed by atoms with Crippen LogP contribution in [-0.2, 0) is 42.9 Å². The molecule has 0 radical (unpaired) electrons. The van der Waals surface area contributed by atoms with Crippen molar-refractivity contribution in [3.05, 3.63) is 108 Å². The first-order chi connectivity index (χ1) is 18.0. The van der Waals surface area contributed by atoms with E-state index < -0.39 is 42.1 Å². The van der Waals surface area contributed by atoms with Crippen LogP contribution in [0.5, 0.6) is 0 Å². The van der Waals surface area contributed by atoms with Crippen LogP contribution in [0.1, 0.15) is 37.0 Å². The van der Waals surface area contributed by atoms with Gasteiger partial charge in [0, 0.05) is 5.56 Å². The molecule has 0 amide bonds. The molecular formula is C31H34O6. The summed E-state index contributed by atoms with van der Waals surface area (Å²) in [6, 6.07) is 29.7. The van der Waals surface area contributed by atoms with Gasteiger partial charge in [-0.15, -0.1) is 0 Å². The van der Waals surface area contributed by atoms with E-state index in [-0.39, 0.29) is 5.92 Å². The van der Waals surface area contributed by atoms with Crippen LogP contribution in [0.25, 0.3) is 0 Å². The van der Waals surface area contributed by atoms with Crippen molar-refractivity contribution in [3.8, 4) is 0 Å². The third-order valence-corrected chi connectivity index (χ3v) is 7.52. The number of hydrogen-bond donors (Lipinski definition) is 1. The molecule has 7 atom stereocenters. The number of hydrogen-bond acceptors (Lipinski definition) is 6. The molecule has 3 saturated heterocycles. The quantitative estimate of drug-likeness (QED) is 0.447. The molecule has 3 aliphatic heterocycles. The summed E-state index contributed by atoms with van der Waals surface area (Å²) in [7, 11) is 0. The molecule has 1 aliphatic carbocycles. The Morgan fingerprint density at radius 1 is 0.703 bits per heavy atom. The smallest absolute Gasteiger partial charge is 0.313 e. The predicted molar refractivity (Wildman–Crippen MR) is 137 cm³/mol. The monoisotopic (exact) mass is 502 g/mol. The fourth-order valence-corrected chi connectivity index (χ4v) is 5.96. The van der Waals surface area contributed by atoms with E-state index >= 15 is 0 Å². The predicted octanol–water partition coefficient (Wildman–Crippen LogP) is 4.94. The number of aliphatic hydroxyl groups is 1. The fourth-order valence-electron chi connectivity index (χ4n) is 5.96. The zero-order valence-electron chi connectivity index (χ0n) is 21.2. The van der Waals surface area contributed by atoms with Crippen LogP contribution in [-0.4, -0.2) is 41.2 Å². The summed E-state index contributed by atoms with van der Waals surface area (Å²) in [4.78, 5) is 0. The third kappa shape index (κ3) is 4.52. The van der Waals surface area contributed by atoms with Gasteiger partial charge in [0.2, 0.25) is 0 Å². The van der Waals surface area contributed by atoms with E-state index in [4.69, 9.17) is 23.7 Å². The summed E-state index contributed by atoms with van der Waals surface area (Å²) in [6.07, 6.45) is -2.38. The van der Waals surface area contributed by atoms with Gasteiger partial charge in [0.05, 0.1) is 13.2 Å². The number of rotatable bonds is 9. The standard InChI is InChI=1S/C31H34O6/c1-21(2)18-30(32)28-26(33-19-22-12-6-3-7-13-22)25-27(34-20-23-14-8-4-9-15-23)29(30)37-31(35-25,36-28)24-16-10-5-11-17-24/h3-17,21,25-29,32H,18-20H2,1-2H3/t25?,26-,27+,28-,29+,30?,31?. The number of benzene rings is 3. The molecule has 3 aromatic carbocycles. The second-order valence-corrected chi connectivity index (χ2v) is 10.7. The van der Waals surface area contributed by atoms with Crippen LogP contribution in [0, 0.1) is 5.92 Å². The zero-order chi connectivity index (χ0) is 25.5. The molecule has 6 nitrogen and oxygen atoms in total. The molecule has 3 unspecified atom stereocenters. The molecule has 194 valence electrons. The maximum absolute atomic E-state index is 12.3. The average Bonchev–Trinajstić information content (AvgIpc) is 2.92. The molecule has 3 heterocycles. The summed E-state index contributed by atoms with van der Waals surface area (Å²) >= 11 is 0. The van der Waals surface area contributed by atoms with E-state index in [0.29, 0.717) is 19.6 Å². The normalized spacial score (nSPS) is 34.2. The lowest BCUT2D eigenvalue weighted by Gasteiger charge is -2.66. The zero-order valence-corrected chi connectivity index (χ0v) is 21.2. The second-order valence-electron chi connectivity index (χ2n) is 10.7. The Balaban J connectivity index is 1.37.